The van der Waals surface area contributed by atoms with Crippen LogP contribution in [-0.4, -0.2) is 32.5 Å². The van der Waals surface area contributed by atoms with Gasteiger partial charge in [-0.2, -0.15) is 0 Å². The molecule has 1 heterocycles. The molecule has 2 atom stereocenters. The molecule has 104 valence electrons. The van der Waals surface area contributed by atoms with Crippen molar-refractivity contribution in [2.75, 3.05) is 26.2 Å². The lowest BCUT2D eigenvalue weighted by Gasteiger charge is -2.27. The number of hydrogen-bond acceptors (Lipinski definition) is 2. The van der Waals surface area contributed by atoms with Crippen molar-refractivity contribution in [1.29, 1.82) is 0 Å². The lowest BCUT2D eigenvalue weighted by molar-refractivity contribution is -0.908. The summed E-state index contributed by atoms with van der Waals surface area (Å²) in [6.07, 6.45) is 4.68. The molecule has 1 aliphatic rings. The molecular formula is C16H24NO2+. The summed E-state index contributed by atoms with van der Waals surface area (Å²) in [5.41, 5.74) is 0.674. The van der Waals surface area contributed by atoms with E-state index in [1.54, 1.807) is 17.0 Å². The summed E-state index contributed by atoms with van der Waals surface area (Å²) in [6.45, 7) is 6.89. The van der Waals surface area contributed by atoms with Gasteiger partial charge in [-0.25, -0.2) is 0 Å². The van der Waals surface area contributed by atoms with Gasteiger partial charge in [0.25, 0.3) is 0 Å². The normalized spacial score (nSPS) is 23.0. The van der Waals surface area contributed by atoms with Gasteiger partial charge in [-0.1, -0.05) is 19.1 Å². The highest BCUT2D eigenvalue weighted by Crippen LogP contribution is 2.12. The average Bonchev–Trinajstić information content (AvgIpc) is 2.44. The number of rotatable bonds is 6. The summed E-state index contributed by atoms with van der Waals surface area (Å²) < 4.78 is 5.69. The van der Waals surface area contributed by atoms with Crippen LogP contribution < -0.4 is 9.64 Å². The Morgan fingerprint density at radius 1 is 1.47 bits per heavy atom. The Labute approximate surface area is 115 Å². The van der Waals surface area contributed by atoms with E-state index >= 15 is 0 Å². The Balaban J connectivity index is 1.67. The second-order valence-corrected chi connectivity index (χ2v) is 5.59. The number of hydrogen-bond donors (Lipinski definition) is 1. The number of aldehydes is 1. The Kier molecular flexibility index (Phi) is 5.40. The largest absolute Gasteiger partial charge is 0.493 e. The molecule has 1 unspecified atom stereocenters. The van der Waals surface area contributed by atoms with Gasteiger partial charge in [-0.3, -0.25) is 4.79 Å². The minimum atomic E-state index is 0.674. The number of likely N-dealkylation sites (tertiary alicyclic amines) is 1. The molecule has 0 amide bonds. The second-order valence-electron chi connectivity index (χ2n) is 5.59. The third kappa shape index (κ3) is 4.67. The third-order valence-corrected chi connectivity index (χ3v) is 3.80. The van der Waals surface area contributed by atoms with E-state index in [1.807, 2.05) is 12.1 Å². The lowest BCUT2D eigenvalue weighted by Crippen LogP contribution is -3.13. The maximum Gasteiger partial charge on any atom is 0.150 e. The quantitative estimate of drug-likeness (QED) is 0.623. The Morgan fingerprint density at radius 2 is 2.37 bits per heavy atom. The zero-order chi connectivity index (χ0) is 13.5. The van der Waals surface area contributed by atoms with Gasteiger partial charge in [0, 0.05) is 17.9 Å². The van der Waals surface area contributed by atoms with Gasteiger partial charge < -0.3 is 9.64 Å². The molecule has 2 rings (SSSR count). The average molecular weight is 262 g/mol. The molecule has 0 radical (unpaired) electrons. The van der Waals surface area contributed by atoms with Crippen molar-refractivity contribution in [3.8, 4) is 5.75 Å². The number of nitrogens with one attached hydrogen (secondary N) is 1. The van der Waals surface area contributed by atoms with Crippen LogP contribution >= 0.6 is 0 Å². The van der Waals surface area contributed by atoms with Crippen molar-refractivity contribution < 1.29 is 14.4 Å². The molecule has 0 saturated carbocycles. The monoisotopic (exact) mass is 262 g/mol. The number of quaternary nitrogens is 1. The van der Waals surface area contributed by atoms with E-state index in [9.17, 15) is 4.79 Å². The van der Waals surface area contributed by atoms with Crippen molar-refractivity contribution in [2.24, 2.45) is 5.92 Å². The summed E-state index contributed by atoms with van der Waals surface area (Å²) in [5, 5.41) is 0. The first-order chi connectivity index (χ1) is 9.28. The van der Waals surface area contributed by atoms with Crippen LogP contribution in [0.15, 0.2) is 24.3 Å². The molecule has 1 aromatic rings. The molecule has 1 fully saturated rings. The second kappa shape index (κ2) is 7.29. The van der Waals surface area contributed by atoms with Gasteiger partial charge in [-0.05, 0) is 25.0 Å². The summed E-state index contributed by atoms with van der Waals surface area (Å²) in [6, 6.07) is 7.35. The lowest BCUT2D eigenvalue weighted by atomic mass is 10.0. The van der Waals surface area contributed by atoms with E-state index in [0.29, 0.717) is 5.56 Å². The maximum atomic E-state index is 10.7. The maximum absolute atomic E-state index is 10.7. The van der Waals surface area contributed by atoms with Crippen molar-refractivity contribution in [1.82, 2.24) is 0 Å². The van der Waals surface area contributed by atoms with Crippen molar-refractivity contribution in [2.45, 2.75) is 26.2 Å². The van der Waals surface area contributed by atoms with E-state index in [0.717, 1.165) is 31.0 Å². The van der Waals surface area contributed by atoms with Crippen LogP contribution in [-0.2, 0) is 0 Å². The van der Waals surface area contributed by atoms with Gasteiger partial charge in [0.05, 0.1) is 26.2 Å². The summed E-state index contributed by atoms with van der Waals surface area (Å²) >= 11 is 0. The molecule has 1 aromatic carbocycles. The zero-order valence-corrected chi connectivity index (χ0v) is 11.7. The van der Waals surface area contributed by atoms with Crippen molar-refractivity contribution >= 4 is 6.29 Å². The van der Waals surface area contributed by atoms with E-state index in [1.165, 1.54) is 32.5 Å². The predicted octanol–water partition coefficient (Wildman–Crippen LogP) is 1.58. The molecule has 1 N–H and O–H groups in total. The first-order valence-corrected chi connectivity index (χ1v) is 7.29. The highest BCUT2D eigenvalue weighted by molar-refractivity contribution is 5.75. The number of carbonyl (C=O) groups excluding carboxylic acids is 1. The van der Waals surface area contributed by atoms with E-state index in [-0.39, 0.29) is 0 Å². The fraction of sp³-hybridized carbons (Fsp3) is 0.562. The molecule has 0 spiro atoms. The smallest absolute Gasteiger partial charge is 0.150 e. The summed E-state index contributed by atoms with van der Waals surface area (Å²) in [5.74, 6) is 1.67. The third-order valence-electron chi connectivity index (χ3n) is 3.80. The summed E-state index contributed by atoms with van der Waals surface area (Å²) in [4.78, 5) is 12.4. The van der Waals surface area contributed by atoms with Gasteiger partial charge >= 0.3 is 0 Å². The van der Waals surface area contributed by atoms with Gasteiger partial charge in [0.1, 0.15) is 12.0 Å². The molecule has 1 aliphatic heterocycles. The van der Waals surface area contributed by atoms with E-state index in [4.69, 9.17) is 4.74 Å². The van der Waals surface area contributed by atoms with Crippen molar-refractivity contribution in [3.05, 3.63) is 29.8 Å². The van der Waals surface area contributed by atoms with Crippen LogP contribution in [0.2, 0.25) is 0 Å². The van der Waals surface area contributed by atoms with Gasteiger partial charge in [0.15, 0.2) is 0 Å². The molecule has 19 heavy (non-hydrogen) atoms. The van der Waals surface area contributed by atoms with Gasteiger partial charge in [0.2, 0.25) is 0 Å². The topological polar surface area (TPSA) is 30.7 Å². The summed E-state index contributed by atoms with van der Waals surface area (Å²) in [7, 11) is 0. The SMILES string of the molecule is C[C@@H]1CCC[NH+](CCCOc2cccc(C=O)c2)C1. The minimum Gasteiger partial charge on any atom is -0.493 e. The number of piperidine rings is 1. The molecule has 3 heteroatoms. The fourth-order valence-corrected chi connectivity index (χ4v) is 2.81. The first kappa shape index (κ1) is 14.1. The van der Waals surface area contributed by atoms with Crippen LogP contribution in [0.4, 0.5) is 0 Å². The van der Waals surface area contributed by atoms with Crippen LogP contribution in [0.1, 0.15) is 36.5 Å². The van der Waals surface area contributed by atoms with Crippen LogP contribution in [0.5, 0.6) is 5.75 Å². The number of benzene rings is 1. The highest BCUT2D eigenvalue weighted by atomic mass is 16.5. The van der Waals surface area contributed by atoms with Crippen LogP contribution in [0, 0.1) is 5.92 Å². The van der Waals surface area contributed by atoms with E-state index < -0.39 is 0 Å². The van der Waals surface area contributed by atoms with Crippen LogP contribution in [0.25, 0.3) is 0 Å². The Bertz CT molecular complexity index is 405. The Hall–Kier alpha value is -1.35. The molecule has 0 aliphatic carbocycles. The number of carbonyl (C=O) groups is 1. The predicted molar refractivity (Wildman–Crippen MR) is 75.9 cm³/mol. The van der Waals surface area contributed by atoms with Gasteiger partial charge in [-0.15, -0.1) is 0 Å². The fourth-order valence-electron chi connectivity index (χ4n) is 2.81. The van der Waals surface area contributed by atoms with Crippen LogP contribution in [0.3, 0.4) is 0 Å². The first-order valence-electron chi connectivity index (χ1n) is 7.29. The highest BCUT2D eigenvalue weighted by Gasteiger charge is 2.18. The Morgan fingerprint density at radius 3 is 3.16 bits per heavy atom. The molecule has 0 aromatic heterocycles. The minimum absolute atomic E-state index is 0.674. The molecule has 1 saturated heterocycles. The number of ether oxygens (including phenoxy) is 1. The molecule has 3 nitrogen and oxygen atoms in total. The van der Waals surface area contributed by atoms with Crippen molar-refractivity contribution in [3.63, 3.8) is 0 Å². The van der Waals surface area contributed by atoms with E-state index in [2.05, 4.69) is 6.92 Å². The zero-order valence-electron chi connectivity index (χ0n) is 11.7. The molecule has 0 bridgehead atoms. The standard InChI is InChI=1S/C16H23NO2/c1-14-5-3-8-17(12-14)9-4-10-19-16-7-2-6-15(11-16)13-18/h2,6-7,11,13-14H,3-5,8-10,12H2,1H3/p+1/t14-/m1/s1. The molecular weight excluding hydrogens is 238 g/mol.